The van der Waals surface area contributed by atoms with Crippen molar-refractivity contribution in [2.45, 2.75) is 25.7 Å². The molecule has 0 saturated heterocycles. The van der Waals surface area contributed by atoms with Crippen molar-refractivity contribution >= 4 is 23.0 Å². The van der Waals surface area contributed by atoms with Crippen LogP contribution in [-0.2, 0) is 4.79 Å². The average Bonchev–Trinajstić information content (AvgIpc) is 2.68. The van der Waals surface area contributed by atoms with Crippen LogP contribution in [0.4, 0.5) is 11.4 Å². The first-order valence-corrected chi connectivity index (χ1v) is 6.02. The summed E-state index contributed by atoms with van der Waals surface area (Å²) in [5.41, 5.74) is 8.21. The van der Waals surface area contributed by atoms with E-state index in [1.54, 1.807) is 6.07 Å². The number of carbonyl (C=O) groups is 1. The molecule has 1 fully saturated rings. The number of hydrazone groups is 1. The molecule has 0 spiro atoms. The van der Waals surface area contributed by atoms with E-state index in [9.17, 15) is 4.79 Å². The summed E-state index contributed by atoms with van der Waals surface area (Å²) in [6.45, 7) is 0. The van der Waals surface area contributed by atoms with E-state index in [0.717, 1.165) is 37.1 Å². The lowest BCUT2D eigenvalue weighted by molar-refractivity contribution is -0.120. The number of nitrogen functional groups attached to an aromatic ring is 1. The zero-order valence-corrected chi connectivity index (χ0v) is 9.60. The minimum absolute atomic E-state index is 0.0187. The highest BCUT2D eigenvalue weighted by Gasteiger charge is 2.37. The van der Waals surface area contributed by atoms with Crippen molar-refractivity contribution in [2.75, 3.05) is 10.7 Å². The molecule has 17 heavy (non-hydrogen) atoms. The van der Waals surface area contributed by atoms with E-state index >= 15 is 0 Å². The fourth-order valence-corrected chi connectivity index (χ4v) is 2.55. The lowest BCUT2D eigenvalue weighted by atomic mass is 9.87. The van der Waals surface area contributed by atoms with Crippen molar-refractivity contribution in [3.8, 4) is 0 Å². The number of rotatable bonds is 1. The Morgan fingerprint density at radius 1 is 1.35 bits per heavy atom. The Bertz CT molecular complexity index is 495. The Labute approximate surface area is 100 Å². The number of fused-ring (bicyclic) bond motifs is 1. The molecule has 88 valence electrons. The lowest BCUT2D eigenvalue weighted by Gasteiger charge is -2.17. The number of anilines is 2. The van der Waals surface area contributed by atoms with Crippen molar-refractivity contribution in [2.24, 2.45) is 11.0 Å². The van der Waals surface area contributed by atoms with Crippen LogP contribution in [0.25, 0.3) is 0 Å². The molecule has 1 aromatic rings. The van der Waals surface area contributed by atoms with Gasteiger partial charge in [0.2, 0.25) is 0 Å². The van der Waals surface area contributed by atoms with Gasteiger partial charge in [0.25, 0.3) is 5.91 Å². The van der Waals surface area contributed by atoms with Gasteiger partial charge >= 0.3 is 0 Å². The molecule has 1 atom stereocenters. The zero-order chi connectivity index (χ0) is 11.8. The van der Waals surface area contributed by atoms with E-state index in [0.29, 0.717) is 5.69 Å². The predicted octanol–water partition coefficient (Wildman–Crippen LogP) is 2.16. The van der Waals surface area contributed by atoms with Gasteiger partial charge in [0.05, 0.1) is 17.3 Å². The summed E-state index contributed by atoms with van der Waals surface area (Å²) in [6.07, 6.45) is 4.17. The highest BCUT2D eigenvalue weighted by molar-refractivity contribution is 6.15. The molecule has 1 aliphatic heterocycles. The number of carbonyl (C=O) groups excluding carboxylic acids is 1. The van der Waals surface area contributed by atoms with Gasteiger partial charge in [-0.05, 0) is 37.5 Å². The SMILES string of the molecule is Nc1cccc(N2N=C3CCCCC3C2=O)c1. The number of nitrogens with zero attached hydrogens (tertiary/aromatic N) is 2. The Morgan fingerprint density at radius 3 is 3.00 bits per heavy atom. The maximum Gasteiger partial charge on any atom is 0.256 e. The van der Waals surface area contributed by atoms with Crippen molar-refractivity contribution in [1.29, 1.82) is 0 Å². The van der Waals surface area contributed by atoms with Crippen molar-refractivity contribution in [3.63, 3.8) is 0 Å². The summed E-state index contributed by atoms with van der Waals surface area (Å²) >= 11 is 0. The molecular formula is C13H15N3O. The largest absolute Gasteiger partial charge is 0.399 e. The maximum absolute atomic E-state index is 12.2. The second-order valence-electron chi connectivity index (χ2n) is 4.63. The molecule has 2 N–H and O–H groups in total. The molecule has 0 aromatic heterocycles. The summed E-state index contributed by atoms with van der Waals surface area (Å²) in [5, 5.41) is 5.96. The molecule has 1 aliphatic carbocycles. The molecule has 0 radical (unpaired) electrons. The molecule has 4 nitrogen and oxygen atoms in total. The molecule has 1 saturated carbocycles. The third-order valence-corrected chi connectivity index (χ3v) is 3.43. The molecule has 3 rings (SSSR count). The molecule has 1 heterocycles. The fraction of sp³-hybridized carbons (Fsp3) is 0.385. The Morgan fingerprint density at radius 2 is 2.24 bits per heavy atom. The zero-order valence-electron chi connectivity index (χ0n) is 9.60. The van der Waals surface area contributed by atoms with Gasteiger partial charge in [0, 0.05) is 5.69 Å². The van der Waals surface area contributed by atoms with E-state index in [-0.39, 0.29) is 11.8 Å². The molecular weight excluding hydrogens is 214 g/mol. The first kappa shape index (κ1) is 10.3. The normalized spacial score (nSPS) is 23.5. The van der Waals surface area contributed by atoms with E-state index in [2.05, 4.69) is 5.10 Å². The molecule has 0 bridgehead atoms. The van der Waals surface area contributed by atoms with Crippen molar-refractivity contribution < 1.29 is 4.79 Å². The lowest BCUT2D eigenvalue weighted by Crippen LogP contribution is -2.28. The van der Waals surface area contributed by atoms with Gasteiger partial charge in [-0.25, -0.2) is 5.01 Å². The number of amides is 1. The molecule has 1 amide bonds. The van der Waals surface area contributed by atoms with Gasteiger partial charge in [0.1, 0.15) is 0 Å². The third kappa shape index (κ3) is 1.69. The fourth-order valence-electron chi connectivity index (χ4n) is 2.55. The van der Waals surface area contributed by atoms with Crippen LogP contribution in [-0.4, -0.2) is 11.6 Å². The van der Waals surface area contributed by atoms with Crippen molar-refractivity contribution in [1.82, 2.24) is 0 Å². The number of hydrogen-bond donors (Lipinski definition) is 1. The monoisotopic (exact) mass is 229 g/mol. The van der Waals surface area contributed by atoms with Crippen LogP contribution < -0.4 is 10.7 Å². The molecule has 1 unspecified atom stereocenters. The Balaban J connectivity index is 1.94. The summed E-state index contributed by atoms with van der Waals surface area (Å²) in [4.78, 5) is 12.2. The van der Waals surface area contributed by atoms with Crippen LogP contribution in [0.15, 0.2) is 29.4 Å². The second kappa shape index (κ2) is 3.87. The summed E-state index contributed by atoms with van der Waals surface area (Å²) in [7, 11) is 0. The van der Waals surface area contributed by atoms with Crippen LogP contribution in [0, 0.1) is 5.92 Å². The van der Waals surface area contributed by atoms with Gasteiger partial charge in [-0.15, -0.1) is 0 Å². The molecule has 4 heteroatoms. The topological polar surface area (TPSA) is 58.7 Å². The van der Waals surface area contributed by atoms with Crippen LogP contribution >= 0.6 is 0 Å². The van der Waals surface area contributed by atoms with E-state index in [1.165, 1.54) is 5.01 Å². The molecule has 1 aromatic carbocycles. The van der Waals surface area contributed by atoms with E-state index in [1.807, 2.05) is 18.2 Å². The minimum atomic E-state index is 0.0187. The van der Waals surface area contributed by atoms with Crippen LogP contribution in [0.3, 0.4) is 0 Å². The van der Waals surface area contributed by atoms with Crippen molar-refractivity contribution in [3.05, 3.63) is 24.3 Å². The number of benzene rings is 1. The van der Waals surface area contributed by atoms with Gasteiger partial charge in [-0.1, -0.05) is 12.5 Å². The first-order valence-electron chi connectivity index (χ1n) is 6.02. The van der Waals surface area contributed by atoms with E-state index < -0.39 is 0 Å². The van der Waals surface area contributed by atoms with Gasteiger partial charge in [-0.3, -0.25) is 4.79 Å². The number of nitrogens with two attached hydrogens (primary N) is 1. The predicted molar refractivity (Wildman–Crippen MR) is 67.7 cm³/mol. The highest BCUT2D eigenvalue weighted by Crippen LogP contribution is 2.32. The summed E-state index contributed by atoms with van der Waals surface area (Å²) in [5.74, 6) is 0.121. The van der Waals surface area contributed by atoms with Gasteiger partial charge in [0.15, 0.2) is 0 Å². The Kier molecular flexibility index (Phi) is 2.35. The van der Waals surface area contributed by atoms with E-state index in [4.69, 9.17) is 5.73 Å². The van der Waals surface area contributed by atoms with Gasteiger partial charge < -0.3 is 5.73 Å². The quantitative estimate of drug-likeness (QED) is 0.750. The summed E-state index contributed by atoms with van der Waals surface area (Å²) < 4.78 is 0. The van der Waals surface area contributed by atoms with Crippen LogP contribution in [0.5, 0.6) is 0 Å². The third-order valence-electron chi connectivity index (χ3n) is 3.43. The highest BCUT2D eigenvalue weighted by atomic mass is 16.2. The number of hydrogen-bond acceptors (Lipinski definition) is 3. The Hall–Kier alpha value is -1.84. The second-order valence-corrected chi connectivity index (χ2v) is 4.63. The smallest absolute Gasteiger partial charge is 0.256 e. The molecule has 2 aliphatic rings. The average molecular weight is 229 g/mol. The first-order chi connectivity index (χ1) is 8.25. The van der Waals surface area contributed by atoms with Crippen LogP contribution in [0.1, 0.15) is 25.7 Å². The minimum Gasteiger partial charge on any atom is -0.399 e. The van der Waals surface area contributed by atoms with Crippen LogP contribution in [0.2, 0.25) is 0 Å². The standard InChI is InChI=1S/C13H15N3O/c14-9-4-3-5-10(8-9)16-13(17)11-6-1-2-7-12(11)15-16/h3-5,8,11H,1-2,6-7,14H2. The maximum atomic E-state index is 12.2. The van der Waals surface area contributed by atoms with Gasteiger partial charge in [-0.2, -0.15) is 5.10 Å². The summed E-state index contributed by atoms with van der Waals surface area (Å²) in [6, 6.07) is 7.32.